The van der Waals surface area contributed by atoms with E-state index in [0.717, 1.165) is 18.4 Å². The van der Waals surface area contributed by atoms with E-state index in [1.54, 1.807) is 29.3 Å². The van der Waals surface area contributed by atoms with E-state index in [9.17, 15) is 4.79 Å². The number of hydrogen-bond acceptors (Lipinski definition) is 7. The van der Waals surface area contributed by atoms with E-state index < -0.39 is 6.04 Å². The summed E-state index contributed by atoms with van der Waals surface area (Å²) < 4.78 is 8.55. The molecule has 9 nitrogen and oxygen atoms in total. The fourth-order valence-corrected chi connectivity index (χ4v) is 4.47. The molecule has 0 amide bonds. The van der Waals surface area contributed by atoms with Crippen molar-refractivity contribution >= 4 is 28.4 Å². The number of aromatic nitrogens is 6. The topological polar surface area (TPSA) is 117 Å². The summed E-state index contributed by atoms with van der Waals surface area (Å²) in [5.74, 6) is 1.12. The summed E-state index contributed by atoms with van der Waals surface area (Å²) in [5.41, 5.74) is 9.29. The van der Waals surface area contributed by atoms with Crippen LogP contribution in [0.5, 0.6) is 0 Å². The minimum atomic E-state index is -0.638. The van der Waals surface area contributed by atoms with Crippen LogP contribution in [0.4, 0.5) is 5.95 Å². The van der Waals surface area contributed by atoms with Crippen molar-refractivity contribution in [1.29, 1.82) is 0 Å². The Morgan fingerprint density at radius 1 is 0.944 bits per heavy atom. The van der Waals surface area contributed by atoms with Gasteiger partial charge in [-0.25, -0.2) is 9.67 Å². The van der Waals surface area contributed by atoms with E-state index in [1.807, 2.05) is 48.5 Å². The van der Waals surface area contributed by atoms with Gasteiger partial charge in [0.1, 0.15) is 6.04 Å². The minimum Gasteiger partial charge on any atom is -0.461 e. The summed E-state index contributed by atoms with van der Waals surface area (Å²) in [4.78, 5) is 22.8. The number of rotatable bonds is 8. The molecule has 0 fully saturated rings. The van der Waals surface area contributed by atoms with Crippen molar-refractivity contribution in [3.8, 4) is 11.6 Å². The van der Waals surface area contributed by atoms with Crippen LogP contribution in [0.15, 0.2) is 89.7 Å². The van der Waals surface area contributed by atoms with Crippen molar-refractivity contribution in [3.63, 3.8) is 0 Å². The summed E-state index contributed by atoms with van der Waals surface area (Å²) in [6, 6.07) is 22.7. The number of carbonyl (C=O) groups is 1. The zero-order chi connectivity index (χ0) is 24.5. The first kappa shape index (κ1) is 21.7. The van der Waals surface area contributed by atoms with Crippen molar-refractivity contribution in [1.82, 2.24) is 29.4 Å². The molecule has 4 aromatic heterocycles. The fourth-order valence-electron chi connectivity index (χ4n) is 4.47. The molecule has 178 valence electrons. The number of anilines is 1. The quantitative estimate of drug-likeness (QED) is 0.343. The van der Waals surface area contributed by atoms with Crippen molar-refractivity contribution in [2.24, 2.45) is 0 Å². The van der Waals surface area contributed by atoms with Gasteiger partial charge < -0.3 is 10.2 Å². The molecule has 0 spiro atoms. The lowest BCUT2D eigenvalue weighted by Gasteiger charge is -2.18. The van der Waals surface area contributed by atoms with Crippen molar-refractivity contribution in [3.05, 3.63) is 96.4 Å². The fraction of sp³-hybridized carbons (Fsp3) is 0.148. The highest BCUT2D eigenvalue weighted by molar-refractivity contribution is 5.93. The third-order valence-electron chi connectivity index (χ3n) is 6.19. The number of carbonyl (C=O) groups excluding carboxylic acids is 1. The van der Waals surface area contributed by atoms with Gasteiger partial charge in [0.05, 0.1) is 17.8 Å². The minimum absolute atomic E-state index is 0.0557. The number of hydrogen-bond donors (Lipinski definition) is 1. The van der Waals surface area contributed by atoms with Crippen LogP contribution in [-0.2, 0) is 11.2 Å². The van der Waals surface area contributed by atoms with Crippen LogP contribution in [0.3, 0.4) is 0 Å². The number of nitrogens with zero attached hydrogens (tertiary/aromatic N) is 6. The average molecular weight is 478 g/mol. The standard InChI is InChI=1S/C27H23N7O2/c28-27-31-26-20(25-30-24(32-34(25)27)22-15-8-16-36-22)17-29-33(26)23(19-12-5-2-6-13-19)21(35)14-7-11-18-9-3-1-4-10-18/h1-6,8-10,12-13,15-17,23H,7,11,14H2,(H2,28,31)/t23-/m1/s1. The Hall–Kier alpha value is -4.79. The van der Waals surface area contributed by atoms with Crippen molar-refractivity contribution < 1.29 is 9.21 Å². The summed E-state index contributed by atoms with van der Waals surface area (Å²) in [6.07, 6.45) is 5.19. The zero-order valence-electron chi connectivity index (χ0n) is 19.4. The van der Waals surface area contributed by atoms with Crippen LogP contribution >= 0.6 is 0 Å². The zero-order valence-corrected chi connectivity index (χ0v) is 19.4. The van der Waals surface area contributed by atoms with E-state index in [0.29, 0.717) is 34.7 Å². The van der Waals surface area contributed by atoms with Crippen LogP contribution in [0, 0.1) is 0 Å². The second-order valence-corrected chi connectivity index (χ2v) is 8.56. The van der Waals surface area contributed by atoms with E-state index >= 15 is 0 Å². The van der Waals surface area contributed by atoms with E-state index in [-0.39, 0.29) is 11.7 Å². The maximum atomic E-state index is 13.6. The largest absolute Gasteiger partial charge is 0.461 e. The number of aryl methyl sites for hydroxylation is 1. The molecular formula is C27H23N7O2. The predicted octanol–water partition coefficient (Wildman–Crippen LogP) is 4.50. The molecule has 0 saturated carbocycles. The SMILES string of the molecule is Nc1nc2c(cnn2[C@@H](C(=O)CCCc2ccccc2)c2ccccc2)c2nc(-c3ccco3)nn12. The first-order chi connectivity index (χ1) is 17.7. The third-order valence-corrected chi connectivity index (χ3v) is 6.19. The molecule has 2 N–H and O–H groups in total. The van der Waals surface area contributed by atoms with Crippen LogP contribution in [0.25, 0.3) is 28.3 Å². The Kier molecular flexibility index (Phi) is 5.49. The maximum Gasteiger partial charge on any atom is 0.225 e. The molecule has 0 saturated heterocycles. The highest BCUT2D eigenvalue weighted by atomic mass is 16.3. The van der Waals surface area contributed by atoms with E-state index in [2.05, 4.69) is 32.3 Å². The number of nitrogen functional groups attached to an aromatic ring is 1. The molecule has 6 rings (SSSR count). The summed E-state index contributed by atoms with van der Waals surface area (Å²) in [5, 5.41) is 9.68. The highest BCUT2D eigenvalue weighted by Crippen LogP contribution is 2.28. The molecule has 0 aliphatic heterocycles. The first-order valence-corrected chi connectivity index (χ1v) is 11.7. The van der Waals surface area contributed by atoms with E-state index in [1.165, 1.54) is 10.1 Å². The van der Waals surface area contributed by atoms with Gasteiger partial charge in [0.15, 0.2) is 22.8 Å². The molecule has 0 aliphatic rings. The van der Waals surface area contributed by atoms with Gasteiger partial charge in [0, 0.05) is 6.42 Å². The molecule has 36 heavy (non-hydrogen) atoms. The monoisotopic (exact) mass is 477 g/mol. The smallest absolute Gasteiger partial charge is 0.225 e. The average Bonchev–Trinajstić information content (AvgIpc) is 3.66. The summed E-state index contributed by atoms with van der Waals surface area (Å²) in [7, 11) is 0. The second-order valence-electron chi connectivity index (χ2n) is 8.56. The normalized spacial score (nSPS) is 12.3. The van der Waals surface area contributed by atoms with Gasteiger partial charge in [0.25, 0.3) is 0 Å². The van der Waals surface area contributed by atoms with Gasteiger partial charge in [-0.15, -0.1) is 5.10 Å². The summed E-state index contributed by atoms with van der Waals surface area (Å²) in [6.45, 7) is 0. The Morgan fingerprint density at radius 3 is 2.47 bits per heavy atom. The third kappa shape index (κ3) is 3.90. The molecule has 6 aromatic rings. The maximum absolute atomic E-state index is 13.6. The number of benzene rings is 2. The molecule has 1 atom stereocenters. The Bertz CT molecular complexity index is 1640. The lowest BCUT2D eigenvalue weighted by molar-refractivity contribution is -0.121. The number of Topliss-reactive ketones (excluding diaryl/α,β-unsaturated/α-hetero) is 1. The summed E-state index contributed by atoms with van der Waals surface area (Å²) >= 11 is 0. The van der Waals surface area contributed by atoms with E-state index in [4.69, 9.17) is 10.2 Å². The van der Waals surface area contributed by atoms with Crippen LogP contribution in [0.2, 0.25) is 0 Å². The molecule has 0 aliphatic carbocycles. The first-order valence-electron chi connectivity index (χ1n) is 11.7. The number of furan rings is 1. The molecular weight excluding hydrogens is 454 g/mol. The Morgan fingerprint density at radius 2 is 1.72 bits per heavy atom. The number of nitrogens with two attached hydrogens (primary N) is 1. The van der Waals surface area contributed by atoms with Gasteiger partial charge in [0.2, 0.25) is 11.8 Å². The lowest BCUT2D eigenvalue weighted by atomic mass is 9.98. The van der Waals surface area contributed by atoms with Crippen molar-refractivity contribution in [2.75, 3.05) is 5.73 Å². The molecule has 0 unspecified atom stereocenters. The molecule has 9 heteroatoms. The van der Waals surface area contributed by atoms with Gasteiger partial charge in [-0.1, -0.05) is 60.7 Å². The molecule has 2 aromatic carbocycles. The second kappa shape index (κ2) is 9.10. The Balaban J connectivity index is 1.39. The van der Waals surface area contributed by atoms with Gasteiger partial charge in [-0.3, -0.25) is 4.79 Å². The van der Waals surface area contributed by atoms with Gasteiger partial charge in [-0.05, 0) is 36.1 Å². The lowest BCUT2D eigenvalue weighted by Crippen LogP contribution is -2.22. The van der Waals surface area contributed by atoms with Gasteiger partial charge in [-0.2, -0.15) is 14.6 Å². The highest BCUT2D eigenvalue weighted by Gasteiger charge is 2.27. The van der Waals surface area contributed by atoms with Crippen LogP contribution < -0.4 is 5.73 Å². The number of ketones is 1. The Labute approximate surface area is 206 Å². The molecule has 4 heterocycles. The van der Waals surface area contributed by atoms with Crippen molar-refractivity contribution in [2.45, 2.75) is 25.3 Å². The molecule has 0 radical (unpaired) electrons. The van der Waals surface area contributed by atoms with Crippen LogP contribution in [-0.4, -0.2) is 35.1 Å². The van der Waals surface area contributed by atoms with Crippen LogP contribution in [0.1, 0.15) is 30.0 Å². The van der Waals surface area contributed by atoms with Gasteiger partial charge >= 0.3 is 0 Å². The molecule has 0 bridgehead atoms. The predicted molar refractivity (Wildman–Crippen MR) is 135 cm³/mol. The number of fused-ring (bicyclic) bond motifs is 3.